The lowest BCUT2D eigenvalue weighted by Gasteiger charge is -2.20. The summed E-state index contributed by atoms with van der Waals surface area (Å²) in [5, 5.41) is 8.57. The normalized spacial score (nSPS) is 10.7. The third-order valence-electron chi connectivity index (χ3n) is 2.70. The van der Waals surface area contributed by atoms with Crippen molar-refractivity contribution in [3.05, 3.63) is 54.4 Å². The largest absolute Gasteiger partial charge is 0.478 e. The van der Waals surface area contributed by atoms with E-state index in [1.165, 1.54) is 6.08 Å². The molecule has 0 unspecified atom stereocenters. The van der Waals surface area contributed by atoms with Gasteiger partial charge in [0.1, 0.15) is 0 Å². The van der Waals surface area contributed by atoms with Crippen molar-refractivity contribution >= 4 is 23.7 Å². The Balaban J connectivity index is 2.22. The van der Waals surface area contributed by atoms with E-state index in [1.54, 1.807) is 12.4 Å². The lowest BCUT2D eigenvalue weighted by molar-refractivity contribution is -0.131. The smallest absolute Gasteiger partial charge is 0.328 e. The number of anilines is 2. The monoisotopic (exact) mass is 269 g/mol. The van der Waals surface area contributed by atoms with Gasteiger partial charge in [-0.3, -0.25) is 0 Å². The number of benzene rings is 1. The van der Waals surface area contributed by atoms with E-state index in [9.17, 15) is 4.79 Å². The number of carbonyl (C=O) groups is 1. The summed E-state index contributed by atoms with van der Waals surface area (Å²) in [4.78, 5) is 21.0. The molecule has 102 valence electrons. The molecule has 0 spiro atoms. The second-order valence-electron chi connectivity index (χ2n) is 4.07. The van der Waals surface area contributed by atoms with Gasteiger partial charge in [-0.15, -0.1) is 0 Å². The van der Waals surface area contributed by atoms with Crippen LogP contribution in [0.5, 0.6) is 0 Å². The Hall–Kier alpha value is -2.69. The Morgan fingerprint density at radius 2 is 1.90 bits per heavy atom. The maximum absolute atomic E-state index is 10.4. The molecule has 0 aliphatic carbocycles. The zero-order valence-corrected chi connectivity index (χ0v) is 11.1. The topological polar surface area (TPSA) is 66.3 Å². The highest BCUT2D eigenvalue weighted by Gasteiger charge is 2.08. The Morgan fingerprint density at radius 1 is 1.25 bits per heavy atom. The first kappa shape index (κ1) is 13.7. The van der Waals surface area contributed by atoms with Crippen LogP contribution in [-0.4, -0.2) is 27.6 Å². The lowest BCUT2D eigenvalue weighted by Crippen LogP contribution is -2.18. The van der Waals surface area contributed by atoms with Gasteiger partial charge in [0.25, 0.3) is 0 Å². The van der Waals surface area contributed by atoms with Gasteiger partial charge in [-0.25, -0.2) is 14.8 Å². The summed E-state index contributed by atoms with van der Waals surface area (Å²) in [7, 11) is 0. The first-order valence-electron chi connectivity index (χ1n) is 6.26. The highest BCUT2D eigenvalue weighted by Crippen LogP contribution is 2.20. The molecule has 2 aromatic rings. The fraction of sp³-hybridized carbons (Fsp3) is 0.133. The van der Waals surface area contributed by atoms with Gasteiger partial charge >= 0.3 is 5.97 Å². The zero-order chi connectivity index (χ0) is 14.4. The van der Waals surface area contributed by atoms with Crippen molar-refractivity contribution in [2.75, 3.05) is 11.4 Å². The van der Waals surface area contributed by atoms with Crippen molar-refractivity contribution in [2.24, 2.45) is 0 Å². The Bertz CT molecular complexity index is 594. The van der Waals surface area contributed by atoms with E-state index in [0.29, 0.717) is 11.5 Å². The summed E-state index contributed by atoms with van der Waals surface area (Å²) in [5.74, 6) is -0.403. The van der Waals surface area contributed by atoms with Crippen LogP contribution in [0.4, 0.5) is 11.6 Å². The molecule has 0 bridgehead atoms. The molecule has 0 radical (unpaired) electrons. The van der Waals surface area contributed by atoms with Gasteiger partial charge < -0.3 is 10.0 Å². The van der Waals surface area contributed by atoms with Gasteiger partial charge in [-0.2, -0.15) is 0 Å². The standard InChI is InChI=1S/C15H15N3O2/c1-2-18(13-6-4-3-5-7-13)15-16-10-12(11-17-15)8-9-14(19)20/h3-11H,2H2,1H3,(H,19,20)/b9-8+. The number of para-hydroxylation sites is 1. The maximum atomic E-state index is 10.4. The first-order valence-corrected chi connectivity index (χ1v) is 6.26. The number of rotatable bonds is 5. The maximum Gasteiger partial charge on any atom is 0.328 e. The number of carboxylic acid groups (broad SMARTS) is 1. The minimum absolute atomic E-state index is 0.589. The van der Waals surface area contributed by atoms with E-state index in [1.807, 2.05) is 42.2 Å². The van der Waals surface area contributed by atoms with E-state index in [0.717, 1.165) is 18.3 Å². The van der Waals surface area contributed by atoms with Gasteiger partial charge in [0.05, 0.1) is 0 Å². The van der Waals surface area contributed by atoms with Crippen molar-refractivity contribution in [3.63, 3.8) is 0 Å². The van der Waals surface area contributed by atoms with Crippen LogP contribution in [0, 0.1) is 0 Å². The van der Waals surface area contributed by atoms with Crippen LogP contribution >= 0.6 is 0 Å². The van der Waals surface area contributed by atoms with E-state index >= 15 is 0 Å². The summed E-state index contributed by atoms with van der Waals surface area (Å²) in [6.07, 6.45) is 5.73. The average molecular weight is 269 g/mol. The molecular formula is C15H15N3O2. The van der Waals surface area contributed by atoms with Crippen molar-refractivity contribution in [3.8, 4) is 0 Å². The van der Waals surface area contributed by atoms with Crippen molar-refractivity contribution in [1.29, 1.82) is 0 Å². The van der Waals surface area contributed by atoms with Crippen molar-refractivity contribution in [1.82, 2.24) is 9.97 Å². The molecule has 0 aliphatic heterocycles. The van der Waals surface area contributed by atoms with Gasteiger partial charge in [-0.05, 0) is 25.1 Å². The predicted octanol–water partition coefficient (Wildman–Crippen LogP) is 2.73. The molecule has 0 fully saturated rings. The predicted molar refractivity (Wildman–Crippen MR) is 77.8 cm³/mol. The number of carboxylic acids is 1. The molecule has 1 N–H and O–H groups in total. The number of aromatic nitrogens is 2. The van der Waals surface area contributed by atoms with Crippen LogP contribution in [0.1, 0.15) is 12.5 Å². The minimum atomic E-state index is -0.992. The van der Waals surface area contributed by atoms with Crippen LogP contribution in [0.25, 0.3) is 6.08 Å². The molecule has 0 saturated heterocycles. The molecule has 1 aromatic carbocycles. The summed E-state index contributed by atoms with van der Waals surface area (Å²) in [6.45, 7) is 2.77. The fourth-order valence-corrected chi connectivity index (χ4v) is 1.77. The Morgan fingerprint density at radius 3 is 2.45 bits per heavy atom. The van der Waals surface area contributed by atoms with E-state index < -0.39 is 5.97 Å². The third-order valence-corrected chi connectivity index (χ3v) is 2.70. The van der Waals surface area contributed by atoms with Crippen molar-refractivity contribution in [2.45, 2.75) is 6.92 Å². The van der Waals surface area contributed by atoms with Crippen LogP contribution in [0.2, 0.25) is 0 Å². The summed E-state index contributed by atoms with van der Waals surface area (Å²) < 4.78 is 0. The van der Waals surface area contributed by atoms with Gasteiger partial charge in [0.2, 0.25) is 5.95 Å². The molecule has 5 nitrogen and oxygen atoms in total. The van der Waals surface area contributed by atoms with Crippen LogP contribution in [0.15, 0.2) is 48.8 Å². The molecule has 20 heavy (non-hydrogen) atoms. The second kappa shape index (κ2) is 6.47. The molecule has 5 heteroatoms. The van der Waals surface area contributed by atoms with E-state index in [4.69, 9.17) is 5.11 Å². The Kier molecular flexibility index (Phi) is 4.44. The summed E-state index contributed by atoms with van der Waals surface area (Å²) in [5.41, 5.74) is 1.67. The van der Waals surface area contributed by atoms with Crippen LogP contribution < -0.4 is 4.90 Å². The molecule has 2 rings (SSSR count). The van der Waals surface area contributed by atoms with Gasteiger partial charge in [0.15, 0.2) is 0 Å². The molecule has 0 aliphatic rings. The van der Waals surface area contributed by atoms with E-state index in [-0.39, 0.29) is 0 Å². The highest BCUT2D eigenvalue weighted by atomic mass is 16.4. The van der Waals surface area contributed by atoms with E-state index in [2.05, 4.69) is 9.97 Å². The summed E-state index contributed by atoms with van der Waals surface area (Å²) in [6, 6.07) is 9.86. The molecule has 1 aromatic heterocycles. The Labute approximate surface area is 117 Å². The number of hydrogen-bond donors (Lipinski definition) is 1. The average Bonchev–Trinajstić information content (AvgIpc) is 2.48. The first-order chi connectivity index (χ1) is 9.70. The molecule has 0 atom stereocenters. The minimum Gasteiger partial charge on any atom is -0.478 e. The highest BCUT2D eigenvalue weighted by molar-refractivity contribution is 5.85. The van der Waals surface area contributed by atoms with Gasteiger partial charge in [-0.1, -0.05) is 18.2 Å². The SMILES string of the molecule is CCN(c1ccccc1)c1ncc(/C=C/C(=O)O)cn1. The zero-order valence-electron chi connectivity index (χ0n) is 11.1. The summed E-state index contributed by atoms with van der Waals surface area (Å²) >= 11 is 0. The number of nitrogens with zero attached hydrogens (tertiary/aromatic N) is 3. The fourth-order valence-electron chi connectivity index (χ4n) is 1.77. The number of hydrogen-bond acceptors (Lipinski definition) is 4. The second-order valence-corrected chi connectivity index (χ2v) is 4.07. The molecule has 0 saturated carbocycles. The van der Waals surface area contributed by atoms with Crippen LogP contribution in [0.3, 0.4) is 0 Å². The molecule has 0 amide bonds. The third kappa shape index (κ3) is 3.41. The number of aliphatic carboxylic acids is 1. The molecule has 1 heterocycles. The van der Waals surface area contributed by atoms with Gasteiger partial charge in [0, 0.05) is 36.3 Å². The quantitative estimate of drug-likeness (QED) is 0.845. The molecular weight excluding hydrogens is 254 g/mol. The van der Waals surface area contributed by atoms with Crippen molar-refractivity contribution < 1.29 is 9.90 Å². The lowest BCUT2D eigenvalue weighted by atomic mass is 10.3. The van der Waals surface area contributed by atoms with Crippen LogP contribution in [-0.2, 0) is 4.79 Å².